The number of carbonyl (C=O) groups excluding carboxylic acids is 7. The van der Waals surface area contributed by atoms with Crippen LogP contribution in [0.1, 0.15) is 129 Å². The maximum atomic E-state index is 13.5. The van der Waals surface area contributed by atoms with Gasteiger partial charge in [0.05, 0.1) is 16.7 Å². The Morgan fingerprint density at radius 2 is 1.55 bits per heavy atom. The molecule has 64 heavy (non-hydrogen) atoms. The summed E-state index contributed by atoms with van der Waals surface area (Å²) in [6.07, 6.45) is 8.14. The van der Waals surface area contributed by atoms with Crippen LogP contribution >= 0.6 is 0 Å². The van der Waals surface area contributed by atoms with Crippen LogP contribution in [-0.4, -0.2) is 93.8 Å². The van der Waals surface area contributed by atoms with Gasteiger partial charge < -0.3 is 25.4 Å². The molecule has 4 aliphatic rings. The lowest BCUT2D eigenvalue weighted by Gasteiger charge is -2.53. The number of anilines is 2. The molecule has 0 bridgehead atoms. The highest BCUT2D eigenvalue weighted by Crippen LogP contribution is 2.49. The standard InChI is InChI=1S/C49H56N8O7/c1-54(2)46(62)34-17-13-33(14-18-34)31-55-28-29-56-38(21-23-40(56)49(55)25-9-26-49)44(60)51-30-32-15-19-35(20-16-32)52-41(58)12-6-4-3-5-7-27-50-37-11-8-10-36-43(37)48(64)57(47(36)63)39-22-24-42(59)53-45(39)61/h8,10-11,13-21,23,39,50H,3-7,9,12,22,24-31H2,1-2H3,(H,51,60)(H,52,58)(H,53,59,61). The average molecular weight is 869 g/mol. The van der Waals surface area contributed by atoms with Crippen molar-refractivity contribution in [1.82, 2.24) is 29.9 Å². The molecule has 15 nitrogen and oxygen atoms in total. The molecule has 2 fully saturated rings. The number of nitrogens with one attached hydrogen (secondary N) is 4. The Kier molecular flexibility index (Phi) is 13.1. The Labute approximate surface area is 372 Å². The van der Waals surface area contributed by atoms with Gasteiger partial charge in [-0.15, -0.1) is 0 Å². The summed E-state index contributed by atoms with van der Waals surface area (Å²) >= 11 is 0. The van der Waals surface area contributed by atoms with E-state index in [2.05, 4.69) is 36.8 Å². The smallest absolute Gasteiger partial charge is 0.268 e. The van der Waals surface area contributed by atoms with E-state index < -0.39 is 29.7 Å². The Balaban J connectivity index is 0.729. The Hall–Kier alpha value is -6.61. The summed E-state index contributed by atoms with van der Waals surface area (Å²) in [5.74, 6) is -2.28. The fourth-order valence-electron chi connectivity index (χ4n) is 9.48. The normalized spacial score (nSPS) is 17.7. The van der Waals surface area contributed by atoms with Gasteiger partial charge in [0.25, 0.3) is 23.6 Å². The van der Waals surface area contributed by atoms with Gasteiger partial charge in [-0.1, -0.05) is 49.6 Å². The van der Waals surface area contributed by atoms with Crippen LogP contribution in [0.25, 0.3) is 0 Å². The van der Waals surface area contributed by atoms with Gasteiger partial charge >= 0.3 is 0 Å². The third-order valence-electron chi connectivity index (χ3n) is 13.1. The average Bonchev–Trinajstić information content (AvgIpc) is 3.82. The van der Waals surface area contributed by atoms with Gasteiger partial charge in [-0.2, -0.15) is 0 Å². The van der Waals surface area contributed by atoms with Gasteiger partial charge in [0.15, 0.2) is 0 Å². The van der Waals surface area contributed by atoms with Crippen molar-refractivity contribution in [2.24, 2.45) is 0 Å². The van der Waals surface area contributed by atoms with E-state index in [4.69, 9.17) is 0 Å². The van der Waals surface area contributed by atoms with Gasteiger partial charge in [0, 0.05) is 82.3 Å². The van der Waals surface area contributed by atoms with Gasteiger partial charge in [0.2, 0.25) is 17.7 Å². The van der Waals surface area contributed by atoms with Crippen molar-refractivity contribution in [2.75, 3.05) is 37.8 Å². The lowest BCUT2D eigenvalue weighted by Crippen LogP contribution is -2.56. The molecule has 3 aromatic carbocycles. The number of nitrogens with zero attached hydrogens (tertiary/aromatic N) is 4. The van der Waals surface area contributed by atoms with E-state index in [0.717, 1.165) is 81.5 Å². The highest BCUT2D eigenvalue weighted by atomic mass is 16.2. The quantitative estimate of drug-likeness (QED) is 0.0753. The molecule has 1 saturated heterocycles. The second-order valence-corrected chi connectivity index (χ2v) is 17.5. The summed E-state index contributed by atoms with van der Waals surface area (Å²) in [6, 6.07) is 23.5. The molecule has 4 heterocycles. The van der Waals surface area contributed by atoms with E-state index >= 15 is 0 Å². The first-order chi connectivity index (χ1) is 30.9. The zero-order valence-electron chi connectivity index (χ0n) is 36.5. The lowest BCUT2D eigenvalue weighted by atomic mass is 9.71. The van der Waals surface area contributed by atoms with Crippen LogP contribution in [0.15, 0.2) is 78.9 Å². The number of hydrogen-bond donors (Lipinski definition) is 4. The second-order valence-electron chi connectivity index (χ2n) is 17.5. The molecule has 15 heteroatoms. The van der Waals surface area contributed by atoms with E-state index in [0.29, 0.717) is 42.1 Å². The lowest BCUT2D eigenvalue weighted by molar-refractivity contribution is -0.136. The second kappa shape index (κ2) is 19.0. The van der Waals surface area contributed by atoms with Crippen LogP contribution in [0.4, 0.5) is 11.4 Å². The minimum absolute atomic E-state index is 0.00822. The first kappa shape index (κ1) is 44.0. The van der Waals surface area contributed by atoms with E-state index in [1.54, 1.807) is 37.2 Å². The number of hydrogen-bond acceptors (Lipinski definition) is 9. The SMILES string of the molecule is CN(C)C(=O)c1ccc(CN2CCn3c(C(=O)NCc4ccc(NC(=O)CCCCCCCNc5cccc6c5C(=O)N(C5CCC(=O)NC5=O)C6=O)cc4)ccc3C23CCC3)cc1. The minimum Gasteiger partial charge on any atom is -0.384 e. The summed E-state index contributed by atoms with van der Waals surface area (Å²) < 4.78 is 2.19. The Morgan fingerprint density at radius 3 is 2.27 bits per heavy atom. The summed E-state index contributed by atoms with van der Waals surface area (Å²) in [5, 5.41) is 11.6. The topological polar surface area (TPSA) is 182 Å². The number of aromatic nitrogens is 1. The highest BCUT2D eigenvalue weighted by molar-refractivity contribution is 6.25. The van der Waals surface area contributed by atoms with Crippen LogP contribution in [0, 0.1) is 0 Å². The van der Waals surface area contributed by atoms with Crippen LogP contribution < -0.4 is 21.3 Å². The molecule has 1 saturated carbocycles. The molecule has 4 N–H and O–H groups in total. The van der Waals surface area contributed by atoms with E-state index in [9.17, 15) is 33.6 Å². The molecule has 1 unspecified atom stereocenters. The number of carbonyl (C=O) groups is 7. The number of piperidine rings is 1. The fraction of sp³-hybridized carbons (Fsp3) is 0.408. The minimum atomic E-state index is -1.01. The van der Waals surface area contributed by atoms with Gasteiger partial charge in [0.1, 0.15) is 11.7 Å². The number of amides is 7. The Morgan fingerprint density at radius 1 is 0.812 bits per heavy atom. The predicted molar refractivity (Wildman–Crippen MR) is 240 cm³/mol. The van der Waals surface area contributed by atoms with Crippen LogP contribution in [0.2, 0.25) is 0 Å². The monoisotopic (exact) mass is 868 g/mol. The number of fused-ring (bicyclic) bond motifs is 3. The van der Waals surface area contributed by atoms with Crippen molar-refractivity contribution in [3.63, 3.8) is 0 Å². The third kappa shape index (κ3) is 9.07. The van der Waals surface area contributed by atoms with Gasteiger partial charge in [-0.3, -0.25) is 48.7 Å². The fourth-order valence-corrected chi connectivity index (χ4v) is 9.48. The van der Waals surface area contributed by atoms with Crippen LogP contribution in [0.3, 0.4) is 0 Å². The molecular formula is C49H56N8O7. The van der Waals surface area contributed by atoms with Crippen molar-refractivity contribution in [1.29, 1.82) is 0 Å². The highest BCUT2D eigenvalue weighted by Gasteiger charge is 2.49. The number of rotatable bonds is 17. The zero-order chi connectivity index (χ0) is 45.0. The molecule has 1 aromatic heterocycles. The van der Waals surface area contributed by atoms with Crippen molar-refractivity contribution in [3.05, 3.63) is 118 Å². The molecule has 4 aromatic rings. The first-order valence-electron chi connectivity index (χ1n) is 22.4. The van der Waals surface area contributed by atoms with E-state index in [1.165, 1.54) is 11.3 Å². The van der Waals surface area contributed by atoms with Crippen LogP contribution in [-0.2, 0) is 39.6 Å². The van der Waals surface area contributed by atoms with Crippen molar-refractivity contribution in [2.45, 2.75) is 102 Å². The van der Waals surface area contributed by atoms with E-state index in [-0.39, 0.29) is 47.2 Å². The zero-order valence-corrected chi connectivity index (χ0v) is 36.5. The third-order valence-corrected chi connectivity index (χ3v) is 13.1. The molecule has 1 atom stereocenters. The van der Waals surface area contributed by atoms with Crippen LogP contribution in [0.5, 0.6) is 0 Å². The van der Waals surface area contributed by atoms with Gasteiger partial charge in [-0.25, -0.2) is 0 Å². The maximum Gasteiger partial charge on any atom is 0.268 e. The number of benzene rings is 3. The summed E-state index contributed by atoms with van der Waals surface area (Å²) in [4.78, 5) is 94.1. The number of imide groups is 2. The summed E-state index contributed by atoms with van der Waals surface area (Å²) in [6.45, 7) is 3.29. The molecule has 3 aliphatic heterocycles. The van der Waals surface area contributed by atoms with E-state index in [1.807, 2.05) is 54.6 Å². The molecule has 1 aliphatic carbocycles. The van der Waals surface area contributed by atoms with Crippen molar-refractivity contribution < 1.29 is 33.6 Å². The summed E-state index contributed by atoms with van der Waals surface area (Å²) in [7, 11) is 3.51. The number of unbranched alkanes of at least 4 members (excludes halogenated alkanes) is 4. The van der Waals surface area contributed by atoms with Crippen molar-refractivity contribution in [3.8, 4) is 0 Å². The molecule has 334 valence electrons. The molecule has 0 radical (unpaired) electrons. The van der Waals surface area contributed by atoms with Gasteiger partial charge in [-0.05, 0) is 98.2 Å². The Bertz CT molecular complexity index is 2450. The maximum absolute atomic E-state index is 13.5. The summed E-state index contributed by atoms with van der Waals surface area (Å²) in [5.41, 5.74) is 6.28. The molecule has 1 spiro atoms. The molecule has 7 amide bonds. The largest absolute Gasteiger partial charge is 0.384 e. The molecule has 8 rings (SSSR count). The molecular weight excluding hydrogens is 813 g/mol. The predicted octanol–water partition coefficient (Wildman–Crippen LogP) is 5.81. The first-order valence-corrected chi connectivity index (χ1v) is 22.4. The van der Waals surface area contributed by atoms with Crippen molar-refractivity contribution >= 4 is 52.7 Å².